The van der Waals surface area contributed by atoms with Gasteiger partial charge in [0, 0.05) is 11.6 Å². The van der Waals surface area contributed by atoms with Gasteiger partial charge in [0.1, 0.15) is 12.1 Å². The van der Waals surface area contributed by atoms with Crippen LogP contribution in [0.15, 0.2) is 115 Å². The third-order valence-corrected chi connectivity index (χ3v) is 8.85. The zero-order chi connectivity index (χ0) is 35.6. The van der Waals surface area contributed by atoms with Gasteiger partial charge in [-0.05, 0) is 46.4 Å². The van der Waals surface area contributed by atoms with Crippen molar-refractivity contribution < 1.29 is 29.0 Å². The Labute approximate surface area is 295 Å². The van der Waals surface area contributed by atoms with Gasteiger partial charge in [-0.2, -0.15) is 4.80 Å². The first kappa shape index (κ1) is 34.8. The summed E-state index contributed by atoms with van der Waals surface area (Å²) >= 11 is 0. The number of aromatic nitrogens is 4. The number of hydrogen-bond acceptors (Lipinski definition) is 8. The van der Waals surface area contributed by atoms with Gasteiger partial charge < -0.3 is 25.2 Å². The number of tetrazole rings is 1. The Hall–Kier alpha value is -6.08. The number of methoxy groups -OCH3 is 1. The number of nitrogens with one attached hydrogen (secondary N) is 2. The first-order valence-corrected chi connectivity index (χ1v) is 16.7. The Kier molecular flexibility index (Phi) is 11.3. The van der Waals surface area contributed by atoms with Crippen LogP contribution in [0, 0.1) is 0 Å². The number of carbonyl (C=O) groups excluding carboxylic acids is 2. The van der Waals surface area contributed by atoms with Crippen LogP contribution in [0.5, 0.6) is 0 Å². The van der Waals surface area contributed by atoms with Crippen LogP contribution in [0.3, 0.4) is 0 Å². The van der Waals surface area contributed by atoms with Gasteiger partial charge in [0.2, 0.25) is 5.91 Å². The molecular weight excluding hydrogens is 650 g/mol. The van der Waals surface area contributed by atoms with Crippen molar-refractivity contribution in [2.45, 2.75) is 43.5 Å². The largest absolute Gasteiger partial charge is 0.465 e. The number of carboxylic acid groups (broad SMARTS) is 1. The van der Waals surface area contributed by atoms with Gasteiger partial charge in [0.05, 0.1) is 32.9 Å². The van der Waals surface area contributed by atoms with Crippen LogP contribution in [0.1, 0.15) is 46.5 Å². The number of nitrogens with zero attached hydrogens (tertiary/aromatic N) is 5. The zero-order valence-corrected chi connectivity index (χ0v) is 28.0. The fraction of sp³-hybridized carbons (Fsp3) is 0.263. The Balaban J connectivity index is 1.14. The molecule has 6 rings (SSSR count). The Morgan fingerprint density at radius 1 is 0.902 bits per heavy atom. The number of aryl methyl sites for hydroxylation is 1. The average Bonchev–Trinajstić information content (AvgIpc) is 3.63. The van der Waals surface area contributed by atoms with E-state index in [0.29, 0.717) is 25.1 Å². The summed E-state index contributed by atoms with van der Waals surface area (Å²) in [5.74, 6) is -0.662. The third-order valence-electron chi connectivity index (χ3n) is 8.85. The number of ether oxygens (including phenoxy) is 2. The highest BCUT2D eigenvalue weighted by atomic mass is 16.5. The molecule has 0 radical (unpaired) electrons. The molecule has 2 heterocycles. The molecule has 0 aliphatic carbocycles. The fourth-order valence-corrected chi connectivity index (χ4v) is 6.29. The number of benzene rings is 4. The van der Waals surface area contributed by atoms with Crippen LogP contribution in [0.25, 0.3) is 0 Å². The lowest BCUT2D eigenvalue weighted by Crippen LogP contribution is -2.48. The van der Waals surface area contributed by atoms with Crippen molar-refractivity contribution in [3.63, 3.8) is 0 Å². The first-order valence-electron chi connectivity index (χ1n) is 16.7. The molecule has 1 aliphatic heterocycles. The molecule has 3 N–H and O–H groups in total. The molecule has 5 aromatic rings. The van der Waals surface area contributed by atoms with Crippen molar-refractivity contribution in [2.75, 3.05) is 25.6 Å². The number of hydrogen-bond donors (Lipinski definition) is 3. The molecule has 1 fully saturated rings. The van der Waals surface area contributed by atoms with Gasteiger partial charge in [-0.25, -0.2) is 9.59 Å². The summed E-state index contributed by atoms with van der Waals surface area (Å²) in [4.78, 5) is 41.8. The van der Waals surface area contributed by atoms with Crippen LogP contribution in [-0.2, 0) is 27.2 Å². The van der Waals surface area contributed by atoms with E-state index in [1.165, 1.54) is 16.8 Å². The maximum Gasteiger partial charge on any atom is 0.408 e. The quantitative estimate of drug-likeness (QED) is 0.159. The SMILES string of the molecule is COC(=O)N[C@H](C(=O)Nc1ccccc1CC[C@@H]1CN(C(=O)O)[C@H](c2nnn(Cc3ccccc3)n2)CO1)C(c1ccccc1)c1ccccc1. The van der Waals surface area contributed by atoms with Gasteiger partial charge in [0.25, 0.3) is 0 Å². The third kappa shape index (κ3) is 8.75. The molecule has 1 aromatic heterocycles. The minimum atomic E-state index is -1.10. The standard InChI is InChI=1S/C38H39N7O6/c1-50-37(47)40-34(33(28-16-7-3-8-17-28)29-18-9-4-10-19-29)36(46)39-31-20-12-11-15-27(31)21-22-30-24-44(38(48)49)32(25-51-30)35-41-43-45(42-35)23-26-13-5-2-6-14-26/h2-20,30,32-34H,21-25H2,1H3,(H,39,46)(H,40,47)(H,48,49)/t30-,32+,34+/m1/s1. The van der Waals surface area contributed by atoms with Gasteiger partial charge in [-0.3, -0.25) is 9.69 Å². The second-order valence-corrected chi connectivity index (χ2v) is 12.2. The fourth-order valence-electron chi connectivity index (χ4n) is 6.29. The molecule has 262 valence electrons. The lowest BCUT2D eigenvalue weighted by atomic mass is 9.84. The Bertz CT molecular complexity index is 1870. The van der Waals surface area contributed by atoms with Crippen LogP contribution >= 0.6 is 0 Å². The Morgan fingerprint density at radius 3 is 2.18 bits per heavy atom. The summed E-state index contributed by atoms with van der Waals surface area (Å²) in [5.41, 5.74) is 4.09. The molecule has 0 bridgehead atoms. The van der Waals surface area contributed by atoms with Crippen molar-refractivity contribution >= 4 is 23.8 Å². The zero-order valence-electron chi connectivity index (χ0n) is 28.0. The van der Waals surface area contributed by atoms with E-state index in [-0.39, 0.29) is 19.0 Å². The molecule has 13 heteroatoms. The van der Waals surface area contributed by atoms with Gasteiger partial charge >= 0.3 is 12.2 Å². The van der Waals surface area contributed by atoms with Crippen LogP contribution in [0.2, 0.25) is 0 Å². The predicted molar refractivity (Wildman–Crippen MR) is 188 cm³/mol. The van der Waals surface area contributed by atoms with Crippen LogP contribution in [-0.4, -0.2) is 80.7 Å². The number of rotatable bonds is 12. The van der Waals surface area contributed by atoms with Crippen molar-refractivity contribution in [3.05, 3.63) is 143 Å². The number of carbonyl (C=O) groups is 3. The average molecular weight is 690 g/mol. The van der Waals surface area contributed by atoms with Gasteiger partial charge in [-0.15, -0.1) is 10.2 Å². The number of anilines is 1. The first-order chi connectivity index (χ1) is 24.9. The monoisotopic (exact) mass is 689 g/mol. The summed E-state index contributed by atoms with van der Waals surface area (Å²) in [6, 6.07) is 34.4. The molecule has 13 nitrogen and oxygen atoms in total. The summed E-state index contributed by atoms with van der Waals surface area (Å²) in [7, 11) is 1.26. The topological polar surface area (TPSA) is 161 Å². The maximum atomic E-state index is 14.1. The molecule has 0 saturated carbocycles. The van der Waals surface area contributed by atoms with E-state index in [2.05, 4.69) is 26.0 Å². The molecule has 4 aromatic carbocycles. The minimum absolute atomic E-state index is 0.0770. The van der Waals surface area contributed by atoms with Crippen molar-refractivity contribution in [3.8, 4) is 0 Å². The molecule has 0 unspecified atom stereocenters. The second kappa shape index (κ2) is 16.5. The van der Waals surface area contributed by atoms with E-state index in [4.69, 9.17) is 9.47 Å². The predicted octanol–water partition coefficient (Wildman–Crippen LogP) is 5.27. The smallest absolute Gasteiger partial charge is 0.408 e. The molecule has 51 heavy (non-hydrogen) atoms. The normalized spacial score (nSPS) is 16.3. The molecule has 0 spiro atoms. The summed E-state index contributed by atoms with van der Waals surface area (Å²) < 4.78 is 11.1. The second-order valence-electron chi connectivity index (χ2n) is 12.2. The van der Waals surface area contributed by atoms with Crippen LogP contribution in [0.4, 0.5) is 15.3 Å². The highest BCUT2D eigenvalue weighted by Gasteiger charge is 2.37. The molecule has 3 atom stereocenters. The number of amides is 3. The highest BCUT2D eigenvalue weighted by molar-refractivity contribution is 5.98. The highest BCUT2D eigenvalue weighted by Crippen LogP contribution is 2.31. The van der Waals surface area contributed by atoms with E-state index in [1.807, 2.05) is 109 Å². The van der Waals surface area contributed by atoms with Crippen molar-refractivity contribution in [2.24, 2.45) is 0 Å². The molecule has 3 amide bonds. The number of morpholine rings is 1. The number of alkyl carbamates (subject to hydrolysis) is 1. The maximum absolute atomic E-state index is 14.1. The van der Waals surface area contributed by atoms with E-state index < -0.39 is 42.2 Å². The van der Waals surface area contributed by atoms with Crippen molar-refractivity contribution in [1.82, 2.24) is 30.4 Å². The van der Waals surface area contributed by atoms with E-state index in [9.17, 15) is 19.5 Å². The minimum Gasteiger partial charge on any atom is -0.465 e. The molecular formula is C38H39N7O6. The lowest BCUT2D eigenvalue weighted by Gasteiger charge is -2.36. The van der Waals surface area contributed by atoms with Gasteiger partial charge in [0.15, 0.2) is 5.82 Å². The van der Waals surface area contributed by atoms with Crippen LogP contribution < -0.4 is 10.6 Å². The van der Waals surface area contributed by atoms with E-state index in [0.717, 1.165) is 22.3 Å². The molecule has 1 aliphatic rings. The van der Waals surface area contributed by atoms with Gasteiger partial charge in [-0.1, -0.05) is 109 Å². The lowest BCUT2D eigenvalue weighted by molar-refractivity contribution is -0.118. The summed E-state index contributed by atoms with van der Waals surface area (Å²) in [5, 5.41) is 28.6. The van der Waals surface area contributed by atoms with E-state index >= 15 is 0 Å². The summed E-state index contributed by atoms with van der Waals surface area (Å²) in [6.45, 7) is 0.599. The van der Waals surface area contributed by atoms with Crippen molar-refractivity contribution in [1.29, 1.82) is 0 Å². The van der Waals surface area contributed by atoms with E-state index in [1.54, 1.807) is 6.07 Å². The summed E-state index contributed by atoms with van der Waals surface area (Å²) in [6.07, 6.45) is -1.27. The molecule has 1 saturated heterocycles. The Morgan fingerprint density at radius 2 is 1.53 bits per heavy atom. The number of para-hydroxylation sites is 1.